The van der Waals surface area contributed by atoms with E-state index < -0.39 is 10.0 Å². The number of carbonyl (C=O) groups excluding carboxylic acids is 1. The van der Waals surface area contributed by atoms with Crippen LogP contribution in [0, 0.1) is 6.92 Å². The van der Waals surface area contributed by atoms with Crippen molar-refractivity contribution in [2.24, 2.45) is 0 Å². The molecule has 0 spiro atoms. The van der Waals surface area contributed by atoms with Crippen molar-refractivity contribution in [2.45, 2.75) is 57.2 Å². The monoisotopic (exact) mass is 381 g/mol. The molecular weight excluding hydrogens is 354 g/mol. The highest BCUT2D eigenvalue weighted by Crippen LogP contribution is 2.34. The molecule has 0 radical (unpaired) electrons. The number of hydrogen-bond acceptors (Lipinski definition) is 4. The van der Waals surface area contributed by atoms with Gasteiger partial charge in [-0.15, -0.1) is 0 Å². The molecule has 1 aromatic carbocycles. The first-order valence-corrected chi connectivity index (χ1v) is 11.0. The van der Waals surface area contributed by atoms with E-state index >= 15 is 0 Å². The minimum Gasteiger partial charge on any atom is -0.493 e. The number of nitrogens with one attached hydrogen (secondary N) is 3. The van der Waals surface area contributed by atoms with Crippen LogP contribution in [-0.4, -0.2) is 39.4 Å². The molecule has 144 valence electrons. The molecule has 1 heterocycles. The van der Waals surface area contributed by atoms with E-state index in [9.17, 15) is 13.2 Å². The van der Waals surface area contributed by atoms with Gasteiger partial charge in [0.25, 0.3) is 0 Å². The van der Waals surface area contributed by atoms with Crippen molar-refractivity contribution in [2.75, 3.05) is 12.9 Å². The van der Waals surface area contributed by atoms with Crippen LogP contribution >= 0.6 is 0 Å². The zero-order valence-electron chi connectivity index (χ0n) is 15.2. The fourth-order valence-electron chi connectivity index (χ4n) is 3.77. The van der Waals surface area contributed by atoms with Gasteiger partial charge >= 0.3 is 6.03 Å². The molecule has 2 aliphatic rings. The van der Waals surface area contributed by atoms with Gasteiger partial charge < -0.3 is 15.4 Å². The van der Waals surface area contributed by atoms with Crippen molar-refractivity contribution >= 4 is 16.1 Å². The molecule has 3 N–H and O–H groups in total. The maximum atomic E-state index is 12.4. The molecule has 8 heteroatoms. The van der Waals surface area contributed by atoms with E-state index in [1.807, 2.05) is 25.1 Å². The largest absolute Gasteiger partial charge is 0.493 e. The van der Waals surface area contributed by atoms with Crippen LogP contribution in [0.15, 0.2) is 18.2 Å². The molecule has 7 nitrogen and oxygen atoms in total. The van der Waals surface area contributed by atoms with Crippen LogP contribution in [0.1, 0.15) is 49.3 Å². The minimum absolute atomic E-state index is 0.0311. The number of fused-ring (bicyclic) bond motifs is 1. The molecule has 0 saturated heterocycles. The SMILES string of the molecule is Cc1cccc2c1OCCC2NC(=O)NC1CCC(NS(C)(=O)=O)CC1. The lowest BCUT2D eigenvalue weighted by atomic mass is 9.92. The first kappa shape index (κ1) is 19.0. The number of amides is 2. The molecule has 1 unspecified atom stereocenters. The Morgan fingerprint density at radius 1 is 1.08 bits per heavy atom. The zero-order chi connectivity index (χ0) is 18.7. The normalized spacial score (nSPS) is 25.7. The number of carbonyl (C=O) groups is 1. The lowest BCUT2D eigenvalue weighted by Crippen LogP contribution is -2.47. The molecule has 1 aromatic rings. The van der Waals surface area contributed by atoms with Crippen molar-refractivity contribution in [3.63, 3.8) is 0 Å². The first-order valence-electron chi connectivity index (χ1n) is 9.08. The first-order chi connectivity index (χ1) is 12.3. The Balaban J connectivity index is 1.51. The zero-order valence-corrected chi connectivity index (χ0v) is 16.1. The predicted molar refractivity (Wildman–Crippen MR) is 99.7 cm³/mol. The van der Waals surface area contributed by atoms with Crippen molar-refractivity contribution in [1.82, 2.24) is 15.4 Å². The van der Waals surface area contributed by atoms with Crippen LogP contribution in [0.3, 0.4) is 0 Å². The van der Waals surface area contributed by atoms with Crippen LogP contribution in [0.2, 0.25) is 0 Å². The van der Waals surface area contributed by atoms with Gasteiger partial charge in [-0.2, -0.15) is 0 Å². The second-order valence-electron chi connectivity index (χ2n) is 7.24. The Hall–Kier alpha value is -1.80. The van der Waals surface area contributed by atoms with Crippen molar-refractivity contribution in [1.29, 1.82) is 0 Å². The third kappa shape index (κ3) is 4.88. The van der Waals surface area contributed by atoms with Crippen LogP contribution in [0.5, 0.6) is 5.75 Å². The van der Waals surface area contributed by atoms with Crippen LogP contribution in [0.4, 0.5) is 4.79 Å². The lowest BCUT2D eigenvalue weighted by molar-refractivity contribution is 0.215. The number of ether oxygens (including phenoxy) is 1. The average Bonchev–Trinajstić information content (AvgIpc) is 2.56. The summed E-state index contributed by atoms with van der Waals surface area (Å²) >= 11 is 0. The fourth-order valence-corrected chi connectivity index (χ4v) is 4.62. The maximum absolute atomic E-state index is 12.4. The number of sulfonamides is 1. The molecule has 2 amide bonds. The fraction of sp³-hybridized carbons (Fsp3) is 0.611. The van der Waals surface area contributed by atoms with Crippen LogP contribution in [0.25, 0.3) is 0 Å². The average molecular weight is 381 g/mol. The minimum atomic E-state index is -3.18. The van der Waals surface area contributed by atoms with E-state index in [-0.39, 0.29) is 24.2 Å². The third-order valence-corrected chi connectivity index (χ3v) is 5.78. The van der Waals surface area contributed by atoms with Gasteiger partial charge in [0.2, 0.25) is 10.0 Å². The van der Waals surface area contributed by atoms with Gasteiger partial charge in [-0.25, -0.2) is 17.9 Å². The van der Waals surface area contributed by atoms with Crippen molar-refractivity contribution in [3.05, 3.63) is 29.3 Å². The van der Waals surface area contributed by atoms with Gasteiger partial charge in [0, 0.05) is 24.1 Å². The molecule has 3 rings (SSSR count). The predicted octanol–water partition coefficient (Wildman–Crippen LogP) is 1.98. The van der Waals surface area contributed by atoms with E-state index in [1.54, 1.807) is 0 Å². The lowest BCUT2D eigenvalue weighted by Gasteiger charge is -2.31. The Labute approximate surface area is 154 Å². The smallest absolute Gasteiger partial charge is 0.315 e. The van der Waals surface area contributed by atoms with E-state index in [2.05, 4.69) is 15.4 Å². The molecular formula is C18H27N3O4S. The summed E-state index contributed by atoms with van der Waals surface area (Å²) in [6.07, 6.45) is 4.93. The van der Waals surface area contributed by atoms with Crippen LogP contribution in [-0.2, 0) is 10.0 Å². The highest BCUT2D eigenvalue weighted by Gasteiger charge is 2.27. The standard InChI is InChI=1S/C18H27N3O4S/c1-12-4-3-5-15-16(10-11-25-17(12)15)20-18(22)19-13-6-8-14(9-7-13)21-26(2,23)24/h3-5,13-14,16,21H,6-11H2,1-2H3,(H2,19,20,22). The summed E-state index contributed by atoms with van der Waals surface area (Å²) in [6.45, 7) is 2.59. The molecule has 0 bridgehead atoms. The Morgan fingerprint density at radius 3 is 2.46 bits per heavy atom. The van der Waals surface area contributed by atoms with E-state index in [0.717, 1.165) is 49.0 Å². The maximum Gasteiger partial charge on any atom is 0.315 e. The van der Waals surface area contributed by atoms with E-state index in [1.165, 1.54) is 6.26 Å². The van der Waals surface area contributed by atoms with Gasteiger partial charge in [0.05, 0.1) is 18.9 Å². The molecule has 1 saturated carbocycles. The second-order valence-corrected chi connectivity index (χ2v) is 9.02. The van der Waals surface area contributed by atoms with Crippen LogP contribution < -0.4 is 20.1 Å². The number of urea groups is 1. The summed E-state index contributed by atoms with van der Waals surface area (Å²) in [7, 11) is -3.18. The molecule has 1 fully saturated rings. The highest BCUT2D eigenvalue weighted by atomic mass is 32.2. The van der Waals surface area contributed by atoms with Gasteiger partial charge in [-0.05, 0) is 38.2 Å². The topological polar surface area (TPSA) is 96.5 Å². The Bertz CT molecular complexity index is 758. The summed E-state index contributed by atoms with van der Waals surface area (Å²) < 4.78 is 31.0. The third-order valence-electron chi connectivity index (χ3n) is 5.02. The molecule has 26 heavy (non-hydrogen) atoms. The van der Waals surface area contributed by atoms with E-state index in [0.29, 0.717) is 6.61 Å². The van der Waals surface area contributed by atoms with Gasteiger partial charge in [-0.1, -0.05) is 18.2 Å². The van der Waals surface area contributed by atoms with Crippen molar-refractivity contribution in [3.8, 4) is 5.75 Å². The number of rotatable bonds is 4. The van der Waals surface area contributed by atoms with Gasteiger partial charge in [-0.3, -0.25) is 0 Å². The molecule has 1 atom stereocenters. The number of hydrogen-bond donors (Lipinski definition) is 3. The summed E-state index contributed by atoms with van der Waals surface area (Å²) in [5.74, 6) is 0.872. The second kappa shape index (κ2) is 7.84. The number of para-hydroxylation sites is 1. The Morgan fingerprint density at radius 2 is 1.77 bits per heavy atom. The molecule has 0 aromatic heterocycles. The number of benzene rings is 1. The quantitative estimate of drug-likeness (QED) is 0.743. The van der Waals surface area contributed by atoms with Crippen molar-refractivity contribution < 1.29 is 17.9 Å². The van der Waals surface area contributed by atoms with Gasteiger partial charge in [0.1, 0.15) is 5.75 Å². The summed E-state index contributed by atoms with van der Waals surface area (Å²) in [5, 5.41) is 6.08. The van der Waals surface area contributed by atoms with E-state index in [4.69, 9.17) is 4.74 Å². The number of aryl methyl sites for hydroxylation is 1. The van der Waals surface area contributed by atoms with Gasteiger partial charge in [0.15, 0.2) is 0 Å². The Kier molecular flexibility index (Phi) is 5.72. The summed E-state index contributed by atoms with van der Waals surface area (Å²) in [5.41, 5.74) is 2.10. The summed E-state index contributed by atoms with van der Waals surface area (Å²) in [4.78, 5) is 12.4. The highest BCUT2D eigenvalue weighted by molar-refractivity contribution is 7.88. The molecule has 1 aliphatic heterocycles. The summed E-state index contributed by atoms with van der Waals surface area (Å²) in [6, 6.07) is 5.79. The molecule has 1 aliphatic carbocycles.